The van der Waals surface area contributed by atoms with Gasteiger partial charge in [-0.15, -0.1) is 0 Å². The van der Waals surface area contributed by atoms with Crippen LogP contribution in [0.15, 0.2) is 6.07 Å². The van der Waals surface area contributed by atoms with E-state index in [1.54, 1.807) is 4.68 Å². The van der Waals surface area contributed by atoms with Gasteiger partial charge < -0.3 is 14.7 Å². The molecule has 160 valence electrons. The molecule has 4 heterocycles. The van der Waals surface area contributed by atoms with Gasteiger partial charge in [0.25, 0.3) is 0 Å². The van der Waals surface area contributed by atoms with Gasteiger partial charge in [-0.1, -0.05) is 0 Å². The molecule has 4 rings (SSSR count). The third kappa shape index (κ3) is 4.33. The first-order chi connectivity index (χ1) is 13.8. The summed E-state index contributed by atoms with van der Waals surface area (Å²) in [4.78, 5) is 29.5. The normalized spacial score (nSPS) is 25.6. The van der Waals surface area contributed by atoms with E-state index < -0.39 is 5.41 Å². The monoisotopic (exact) mass is 404 g/mol. The Morgan fingerprint density at radius 3 is 2.55 bits per heavy atom. The summed E-state index contributed by atoms with van der Waals surface area (Å²) >= 11 is 0. The number of cyclic esters (lactones) is 1. The van der Waals surface area contributed by atoms with Gasteiger partial charge in [-0.25, -0.2) is 0 Å². The number of aromatic nitrogens is 2. The standard InChI is InChI=1S/C21H32N4O4/c1-15-11-16(2)25(22-15)14-19(27)24-9-5-21(6-10-24)12-18(29-20(21)28)13-23-7-3-17(26)4-8-23/h11,17-18,26H,3-10,12-14H2,1-2H3. The molecule has 8 heteroatoms. The van der Waals surface area contributed by atoms with Crippen LogP contribution in [-0.4, -0.2) is 81.5 Å². The fraction of sp³-hybridized carbons (Fsp3) is 0.762. The third-order valence-electron chi connectivity index (χ3n) is 6.81. The smallest absolute Gasteiger partial charge is 0.312 e. The molecule has 1 spiro atoms. The van der Waals surface area contributed by atoms with Crippen molar-refractivity contribution < 1.29 is 19.4 Å². The SMILES string of the molecule is Cc1cc(C)n(CC(=O)N2CCC3(CC2)CC(CN2CCC(O)CC2)OC3=O)n1. The second-order valence-electron chi connectivity index (χ2n) is 9.01. The van der Waals surface area contributed by atoms with Crippen LogP contribution < -0.4 is 0 Å². The number of ether oxygens (including phenoxy) is 1. The molecule has 0 saturated carbocycles. The molecule has 3 saturated heterocycles. The van der Waals surface area contributed by atoms with Crippen LogP contribution in [0.25, 0.3) is 0 Å². The lowest BCUT2D eigenvalue weighted by molar-refractivity contribution is -0.153. The van der Waals surface area contributed by atoms with Crippen LogP contribution in [0.2, 0.25) is 0 Å². The van der Waals surface area contributed by atoms with Gasteiger partial charge in [0.05, 0.1) is 17.2 Å². The van der Waals surface area contributed by atoms with E-state index in [1.807, 2.05) is 24.8 Å². The van der Waals surface area contributed by atoms with E-state index in [0.29, 0.717) is 25.9 Å². The fourth-order valence-electron chi connectivity index (χ4n) is 4.98. The minimum absolute atomic E-state index is 0.0563. The molecule has 1 unspecified atom stereocenters. The van der Waals surface area contributed by atoms with Crippen LogP contribution in [0, 0.1) is 19.3 Å². The van der Waals surface area contributed by atoms with Gasteiger partial charge in [-0.3, -0.25) is 19.2 Å². The Balaban J connectivity index is 1.29. The van der Waals surface area contributed by atoms with E-state index in [4.69, 9.17) is 4.74 Å². The molecule has 1 atom stereocenters. The Morgan fingerprint density at radius 1 is 1.24 bits per heavy atom. The van der Waals surface area contributed by atoms with Gasteiger partial charge in [0.1, 0.15) is 12.6 Å². The van der Waals surface area contributed by atoms with E-state index >= 15 is 0 Å². The lowest BCUT2D eigenvalue weighted by atomic mass is 9.76. The maximum Gasteiger partial charge on any atom is 0.312 e. The van der Waals surface area contributed by atoms with Crippen LogP contribution in [0.1, 0.15) is 43.5 Å². The van der Waals surface area contributed by atoms with E-state index in [0.717, 1.165) is 50.3 Å². The van der Waals surface area contributed by atoms with Crippen molar-refractivity contribution in [3.63, 3.8) is 0 Å². The van der Waals surface area contributed by atoms with E-state index in [2.05, 4.69) is 10.00 Å². The molecule has 1 aromatic heterocycles. The summed E-state index contributed by atoms with van der Waals surface area (Å²) in [6, 6.07) is 1.97. The second-order valence-corrected chi connectivity index (χ2v) is 9.01. The number of rotatable bonds is 4. The molecule has 0 aliphatic carbocycles. The molecule has 0 radical (unpaired) electrons. The van der Waals surface area contributed by atoms with Gasteiger partial charge >= 0.3 is 5.97 Å². The van der Waals surface area contributed by atoms with Crippen LogP contribution in [0.3, 0.4) is 0 Å². The Kier molecular flexibility index (Phi) is 5.66. The van der Waals surface area contributed by atoms with Gasteiger partial charge in [0, 0.05) is 44.8 Å². The zero-order chi connectivity index (χ0) is 20.6. The van der Waals surface area contributed by atoms with Crippen LogP contribution in [0.5, 0.6) is 0 Å². The molecule has 29 heavy (non-hydrogen) atoms. The van der Waals surface area contributed by atoms with Crippen LogP contribution >= 0.6 is 0 Å². The predicted octanol–water partition coefficient (Wildman–Crippen LogP) is 0.881. The van der Waals surface area contributed by atoms with Crippen LogP contribution in [0.4, 0.5) is 0 Å². The van der Waals surface area contributed by atoms with Gasteiger partial charge in [-0.2, -0.15) is 5.10 Å². The Bertz CT molecular complexity index is 761. The first kappa shape index (κ1) is 20.3. The number of hydrogen-bond donors (Lipinski definition) is 1. The van der Waals surface area contributed by atoms with Crippen molar-refractivity contribution in [2.75, 3.05) is 32.7 Å². The van der Waals surface area contributed by atoms with Crippen molar-refractivity contribution in [1.29, 1.82) is 0 Å². The Hall–Kier alpha value is -1.93. The van der Waals surface area contributed by atoms with Gasteiger partial charge in [0.2, 0.25) is 5.91 Å². The number of likely N-dealkylation sites (tertiary alicyclic amines) is 2. The summed E-state index contributed by atoms with van der Waals surface area (Å²) in [5.41, 5.74) is 1.46. The highest BCUT2D eigenvalue weighted by molar-refractivity contribution is 5.80. The highest BCUT2D eigenvalue weighted by atomic mass is 16.6. The number of esters is 1. The number of aliphatic hydroxyl groups excluding tert-OH is 1. The average molecular weight is 405 g/mol. The van der Waals surface area contributed by atoms with Crippen molar-refractivity contribution in [1.82, 2.24) is 19.6 Å². The van der Waals surface area contributed by atoms with Crippen molar-refractivity contribution in [2.45, 2.75) is 64.7 Å². The molecule has 0 bridgehead atoms. The number of carbonyl (C=O) groups excluding carboxylic acids is 2. The quantitative estimate of drug-likeness (QED) is 0.750. The van der Waals surface area contributed by atoms with Crippen LogP contribution in [-0.2, 0) is 20.9 Å². The lowest BCUT2D eigenvalue weighted by Crippen LogP contribution is -2.46. The highest BCUT2D eigenvalue weighted by Gasteiger charge is 2.51. The molecule has 1 aromatic rings. The summed E-state index contributed by atoms with van der Waals surface area (Å²) in [7, 11) is 0. The van der Waals surface area contributed by atoms with Gasteiger partial charge in [0.15, 0.2) is 0 Å². The van der Waals surface area contributed by atoms with Crippen molar-refractivity contribution in [3.8, 4) is 0 Å². The van der Waals surface area contributed by atoms with Crippen molar-refractivity contribution >= 4 is 11.9 Å². The number of aliphatic hydroxyl groups is 1. The number of nitrogens with zero attached hydrogens (tertiary/aromatic N) is 4. The van der Waals surface area contributed by atoms with Crippen molar-refractivity contribution in [3.05, 3.63) is 17.5 Å². The molecule has 3 aliphatic heterocycles. The molecule has 1 N–H and O–H groups in total. The predicted molar refractivity (Wildman–Crippen MR) is 106 cm³/mol. The Morgan fingerprint density at radius 2 is 1.93 bits per heavy atom. The number of hydrogen-bond acceptors (Lipinski definition) is 6. The molecular formula is C21H32N4O4. The maximum atomic E-state index is 12.7. The summed E-state index contributed by atoms with van der Waals surface area (Å²) in [6.07, 6.45) is 3.39. The van der Waals surface area contributed by atoms with E-state index in [-0.39, 0.29) is 30.6 Å². The fourth-order valence-corrected chi connectivity index (χ4v) is 4.98. The number of piperidine rings is 2. The largest absolute Gasteiger partial charge is 0.461 e. The zero-order valence-electron chi connectivity index (χ0n) is 17.5. The van der Waals surface area contributed by atoms with E-state index in [9.17, 15) is 14.7 Å². The Labute approximate surface area is 171 Å². The summed E-state index contributed by atoms with van der Waals surface area (Å²) in [6.45, 7) is 7.78. The number of aryl methyl sites for hydroxylation is 2. The number of carbonyl (C=O) groups is 2. The second kappa shape index (κ2) is 8.07. The number of amides is 1. The molecule has 1 amide bonds. The molecule has 0 aromatic carbocycles. The summed E-state index contributed by atoms with van der Waals surface area (Å²) < 4.78 is 7.48. The minimum atomic E-state index is -0.436. The van der Waals surface area contributed by atoms with Crippen molar-refractivity contribution in [2.24, 2.45) is 5.41 Å². The highest BCUT2D eigenvalue weighted by Crippen LogP contribution is 2.43. The average Bonchev–Trinajstić information content (AvgIpc) is 3.15. The first-order valence-electron chi connectivity index (χ1n) is 10.7. The first-order valence-corrected chi connectivity index (χ1v) is 10.7. The molecular weight excluding hydrogens is 372 g/mol. The minimum Gasteiger partial charge on any atom is -0.461 e. The van der Waals surface area contributed by atoms with Gasteiger partial charge in [-0.05, 0) is 45.6 Å². The molecule has 3 aliphatic rings. The van der Waals surface area contributed by atoms with E-state index in [1.165, 1.54) is 0 Å². The topological polar surface area (TPSA) is 87.9 Å². The summed E-state index contributed by atoms with van der Waals surface area (Å²) in [5.74, 6) is -0.0361. The lowest BCUT2D eigenvalue weighted by Gasteiger charge is -2.36. The maximum absolute atomic E-state index is 12.7. The zero-order valence-corrected chi connectivity index (χ0v) is 17.5. The molecule has 8 nitrogen and oxygen atoms in total. The summed E-state index contributed by atoms with van der Waals surface area (Å²) in [5, 5.41) is 14.0. The third-order valence-corrected chi connectivity index (χ3v) is 6.81. The molecule has 3 fully saturated rings.